The third-order valence-electron chi connectivity index (χ3n) is 5.48. The van der Waals surface area contributed by atoms with Crippen LogP contribution in [0.15, 0.2) is 53.0 Å². The van der Waals surface area contributed by atoms with Gasteiger partial charge in [0.15, 0.2) is 34.5 Å². The number of rotatable bonds is 11. The van der Waals surface area contributed by atoms with Crippen LogP contribution in [0.3, 0.4) is 0 Å². The van der Waals surface area contributed by atoms with E-state index in [-0.39, 0.29) is 6.79 Å². The molecule has 3 aromatic rings. The second kappa shape index (κ2) is 11.4. The van der Waals surface area contributed by atoms with Gasteiger partial charge in [-0.2, -0.15) is 0 Å². The van der Waals surface area contributed by atoms with E-state index in [0.717, 1.165) is 51.6 Å². The summed E-state index contributed by atoms with van der Waals surface area (Å²) in [6.45, 7) is 2.15. The van der Waals surface area contributed by atoms with Gasteiger partial charge in [-0.1, -0.05) is 12.1 Å². The summed E-state index contributed by atoms with van der Waals surface area (Å²) in [4.78, 5) is 0. The van der Waals surface area contributed by atoms with Crippen LogP contribution in [0.5, 0.6) is 34.5 Å². The highest BCUT2D eigenvalue weighted by molar-refractivity contribution is 9.10. The van der Waals surface area contributed by atoms with Gasteiger partial charge in [0, 0.05) is 6.54 Å². The van der Waals surface area contributed by atoms with Crippen LogP contribution in [0.25, 0.3) is 0 Å². The van der Waals surface area contributed by atoms with Crippen LogP contribution < -0.4 is 33.7 Å². The first-order valence-electron chi connectivity index (χ1n) is 10.9. The molecule has 0 atom stereocenters. The Hall–Kier alpha value is -3.10. The maximum Gasteiger partial charge on any atom is 0.231 e. The van der Waals surface area contributed by atoms with Gasteiger partial charge in [0.25, 0.3) is 0 Å². The van der Waals surface area contributed by atoms with E-state index in [1.165, 1.54) is 5.56 Å². The van der Waals surface area contributed by atoms with Crippen LogP contribution in [-0.4, -0.2) is 34.7 Å². The molecule has 0 unspecified atom stereocenters. The molecule has 0 bridgehead atoms. The standard InChI is InChI=1S/C26H28BrNO6/c1-29-21-6-4-17(11-23(21)30-2)8-9-28-14-19-10-20(27)26(25(13-19)31-3)32-15-18-5-7-22-24(12-18)34-16-33-22/h4-7,10-13,28H,8-9,14-16H2,1-3H3. The molecule has 0 amide bonds. The number of nitrogens with one attached hydrogen (secondary N) is 1. The highest BCUT2D eigenvalue weighted by Gasteiger charge is 2.15. The Labute approximate surface area is 208 Å². The van der Waals surface area contributed by atoms with Gasteiger partial charge in [-0.3, -0.25) is 0 Å². The number of benzene rings is 3. The summed E-state index contributed by atoms with van der Waals surface area (Å²) in [5.41, 5.74) is 3.25. The lowest BCUT2D eigenvalue weighted by Gasteiger charge is -2.15. The zero-order chi connectivity index (χ0) is 23.9. The average molecular weight is 530 g/mol. The van der Waals surface area contributed by atoms with E-state index in [1.54, 1.807) is 21.3 Å². The molecule has 0 radical (unpaired) electrons. The molecule has 1 heterocycles. The fraction of sp³-hybridized carbons (Fsp3) is 0.308. The Balaban J connectivity index is 1.33. The molecule has 0 saturated carbocycles. The van der Waals surface area contributed by atoms with E-state index < -0.39 is 0 Å². The largest absolute Gasteiger partial charge is 0.493 e. The lowest BCUT2D eigenvalue weighted by Crippen LogP contribution is -2.17. The summed E-state index contributed by atoms with van der Waals surface area (Å²) in [6, 6.07) is 15.8. The van der Waals surface area contributed by atoms with Crippen LogP contribution in [-0.2, 0) is 19.6 Å². The number of fused-ring (bicyclic) bond motifs is 1. The summed E-state index contributed by atoms with van der Waals surface area (Å²) in [6.07, 6.45) is 0.870. The van der Waals surface area contributed by atoms with Crippen LogP contribution in [0.2, 0.25) is 0 Å². The molecular formula is C26H28BrNO6. The Morgan fingerprint density at radius 2 is 1.53 bits per heavy atom. The van der Waals surface area contributed by atoms with E-state index in [4.69, 9.17) is 28.4 Å². The number of ether oxygens (including phenoxy) is 6. The minimum atomic E-state index is 0.253. The highest BCUT2D eigenvalue weighted by atomic mass is 79.9. The number of methoxy groups -OCH3 is 3. The molecule has 3 aromatic carbocycles. The minimum absolute atomic E-state index is 0.253. The van der Waals surface area contributed by atoms with E-state index in [2.05, 4.69) is 27.3 Å². The first-order valence-corrected chi connectivity index (χ1v) is 11.7. The first-order chi connectivity index (χ1) is 16.6. The molecule has 0 aromatic heterocycles. The summed E-state index contributed by atoms with van der Waals surface area (Å²) < 4.78 is 34.0. The summed E-state index contributed by atoms with van der Waals surface area (Å²) in [5, 5.41) is 3.48. The second-order valence-corrected chi connectivity index (χ2v) is 8.56. The maximum atomic E-state index is 6.07. The molecule has 0 spiro atoms. The Morgan fingerprint density at radius 1 is 0.794 bits per heavy atom. The van der Waals surface area contributed by atoms with Crippen molar-refractivity contribution in [2.24, 2.45) is 0 Å². The summed E-state index contributed by atoms with van der Waals surface area (Å²) >= 11 is 3.63. The van der Waals surface area contributed by atoms with Gasteiger partial charge in [0.2, 0.25) is 6.79 Å². The van der Waals surface area contributed by atoms with Crippen molar-refractivity contribution in [3.05, 3.63) is 69.7 Å². The molecule has 0 aliphatic carbocycles. The van der Waals surface area contributed by atoms with Crippen molar-refractivity contribution in [2.45, 2.75) is 19.6 Å². The second-order valence-electron chi connectivity index (χ2n) is 7.70. The van der Waals surface area contributed by atoms with Crippen molar-refractivity contribution >= 4 is 15.9 Å². The van der Waals surface area contributed by atoms with E-state index in [9.17, 15) is 0 Å². The summed E-state index contributed by atoms with van der Waals surface area (Å²) in [7, 11) is 4.93. The highest BCUT2D eigenvalue weighted by Crippen LogP contribution is 2.38. The van der Waals surface area contributed by atoms with Crippen LogP contribution in [0, 0.1) is 0 Å². The van der Waals surface area contributed by atoms with Crippen LogP contribution in [0.4, 0.5) is 0 Å². The SMILES string of the molecule is COc1ccc(CCNCc2cc(Br)c(OCc3ccc4c(c3)OCO4)c(OC)c2)cc1OC. The first kappa shape index (κ1) is 24.0. The van der Waals surface area contributed by atoms with Crippen LogP contribution >= 0.6 is 15.9 Å². The third-order valence-corrected chi connectivity index (χ3v) is 6.07. The van der Waals surface area contributed by atoms with Gasteiger partial charge >= 0.3 is 0 Å². The minimum Gasteiger partial charge on any atom is -0.493 e. The van der Waals surface area contributed by atoms with Crippen molar-refractivity contribution in [3.63, 3.8) is 0 Å². The molecular weight excluding hydrogens is 502 g/mol. The van der Waals surface area contributed by atoms with Gasteiger partial charge < -0.3 is 33.7 Å². The van der Waals surface area contributed by atoms with Crippen molar-refractivity contribution < 1.29 is 28.4 Å². The molecule has 7 nitrogen and oxygen atoms in total. The van der Waals surface area contributed by atoms with Gasteiger partial charge in [-0.15, -0.1) is 0 Å². The molecule has 4 rings (SSSR count). The fourth-order valence-corrected chi connectivity index (χ4v) is 4.31. The van der Waals surface area contributed by atoms with Gasteiger partial charge in [0.05, 0.1) is 25.8 Å². The monoisotopic (exact) mass is 529 g/mol. The Bertz CT molecular complexity index is 1140. The van der Waals surface area contributed by atoms with Gasteiger partial charge in [-0.25, -0.2) is 0 Å². The molecule has 1 N–H and O–H groups in total. The summed E-state index contributed by atoms with van der Waals surface area (Å²) in [5.74, 6) is 4.30. The normalized spacial score (nSPS) is 11.9. The van der Waals surface area contributed by atoms with Crippen molar-refractivity contribution in [1.82, 2.24) is 5.32 Å². The molecule has 34 heavy (non-hydrogen) atoms. The van der Waals surface area contributed by atoms with E-state index in [0.29, 0.717) is 24.7 Å². The molecule has 180 valence electrons. The number of hydrogen-bond donors (Lipinski definition) is 1. The Morgan fingerprint density at radius 3 is 2.32 bits per heavy atom. The zero-order valence-corrected chi connectivity index (χ0v) is 21.1. The zero-order valence-electron chi connectivity index (χ0n) is 19.5. The predicted octanol–water partition coefficient (Wildman–Crippen LogP) is 5.11. The maximum absolute atomic E-state index is 6.07. The molecule has 1 aliphatic heterocycles. The van der Waals surface area contributed by atoms with Crippen LogP contribution in [0.1, 0.15) is 16.7 Å². The van der Waals surface area contributed by atoms with Crippen molar-refractivity contribution in [3.8, 4) is 34.5 Å². The lowest BCUT2D eigenvalue weighted by molar-refractivity contribution is 0.174. The van der Waals surface area contributed by atoms with E-state index in [1.807, 2.05) is 42.5 Å². The quantitative estimate of drug-likeness (QED) is 0.346. The smallest absolute Gasteiger partial charge is 0.231 e. The average Bonchev–Trinajstić information content (AvgIpc) is 3.33. The topological polar surface area (TPSA) is 67.4 Å². The molecule has 1 aliphatic rings. The molecule has 8 heteroatoms. The Kier molecular flexibility index (Phi) is 8.03. The number of halogens is 1. The third kappa shape index (κ3) is 5.69. The number of hydrogen-bond acceptors (Lipinski definition) is 7. The van der Waals surface area contributed by atoms with Gasteiger partial charge in [-0.05, 0) is 82.0 Å². The predicted molar refractivity (Wildman–Crippen MR) is 133 cm³/mol. The van der Waals surface area contributed by atoms with E-state index >= 15 is 0 Å². The fourth-order valence-electron chi connectivity index (χ4n) is 3.70. The van der Waals surface area contributed by atoms with Crippen molar-refractivity contribution in [1.29, 1.82) is 0 Å². The molecule has 0 fully saturated rings. The molecule has 0 saturated heterocycles. The van der Waals surface area contributed by atoms with Gasteiger partial charge in [0.1, 0.15) is 6.61 Å². The van der Waals surface area contributed by atoms with Crippen molar-refractivity contribution in [2.75, 3.05) is 34.7 Å². The lowest BCUT2D eigenvalue weighted by atomic mass is 10.1.